The molecular weight excluding hydrogens is 220 g/mol. The van der Waals surface area contributed by atoms with Gasteiger partial charge < -0.3 is 9.47 Å². The summed E-state index contributed by atoms with van der Waals surface area (Å²) in [6.07, 6.45) is 2.34. The largest absolute Gasteiger partial charge is 0.466 e. The molecule has 0 aliphatic rings. The van der Waals surface area contributed by atoms with Crippen LogP contribution in [0.4, 0.5) is 0 Å². The summed E-state index contributed by atoms with van der Waals surface area (Å²) in [4.78, 5) is 22.4. The molecule has 0 saturated carbocycles. The second-order valence-electron chi connectivity index (χ2n) is 4.11. The molecule has 0 radical (unpaired) electrons. The molecule has 4 nitrogen and oxygen atoms in total. The number of unbranched alkanes of at least 4 members (excludes halogenated alkanes) is 1. The molecule has 0 fully saturated rings. The lowest BCUT2D eigenvalue weighted by molar-refractivity contribution is -0.148. The van der Waals surface area contributed by atoms with E-state index in [0.717, 1.165) is 12.8 Å². The average Bonchev–Trinajstić information content (AvgIpc) is 2.26. The van der Waals surface area contributed by atoms with Gasteiger partial charge in [-0.15, -0.1) is 0 Å². The molecule has 0 spiro atoms. The minimum Gasteiger partial charge on any atom is -0.466 e. The molecule has 17 heavy (non-hydrogen) atoms. The van der Waals surface area contributed by atoms with E-state index in [4.69, 9.17) is 9.47 Å². The Hall–Kier alpha value is -1.32. The highest BCUT2D eigenvalue weighted by Crippen LogP contribution is 2.06. The van der Waals surface area contributed by atoms with Crippen molar-refractivity contribution in [3.05, 3.63) is 12.2 Å². The summed E-state index contributed by atoms with van der Waals surface area (Å²) < 4.78 is 10.0. The van der Waals surface area contributed by atoms with Crippen LogP contribution in [0.1, 0.15) is 46.5 Å². The van der Waals surface area contributed by atoms with Crippen molar-refractivity contribution < 1.29 is 19.1 Å². The molecule has 4 heteroatoms. The topological polar surface area (TPSA) is 52.6 Å². The summed E-state index contributed by atoms with van der Waals surface area (Å²) in [7, 11) is 0. The number of esters is 2. The zero-order valence-electron chi connectivity index (χ0n) is 11.0. The molecule has 0 aromatic heterocycles. The van der Waals surface area contributed by atoms with Gasteiger partial charge in [0, 0.05) is 12.0 Å². The first-order valence-electron chi connectivity index (χ1n) is 5.99. The summed E-state index contributed by atoms with van der Waals surface area (Å²) in [5.41, 5.74) is 0.363. The van der Waals surface area contributed by atoms with Gasteiger partial charge in [0.25, 0.3) is 0 Å². The average molecular weight is 242 g/mol. The SMILES string of the molecule is C=C(C)C(=O)OC(C)CCC(=O)OCCCC. The number of ether oxygens (including phenoxy) is 2. The molecule has 1 atom stereocenters. The molecule has 0 aliphatic heterocycles. The second-order valence-corrected chi connectivity index (χ2v) is 4.11. The molecule has 0 rings (SSSR count). The van der Waals surface area contributed by atoms with Gasteiger partial charge in [0.15, 0.2) is 0 Å². The van der Waals surface area contributed by atoms with E-state index in [1.807, 2.05) is 6.92 Å². The third-order valence-corrected chi connectivity index (χ3v) is 2.17. The summed E-state index contributed by atoms with van der Waals surface area (Å²) in [5, 5.41) is 0. The molecule has 0 aliphatic carbocycles. The maximum absolute atomic E-state index is 11.3. The van der Waals surface area contributed by atoms with Crippen molar-refractivity contribution in [3.8, 4) is 0 Å². The van der Waals surface area contributed by atoms with Gasteiger partial charge in [0.1, 0.15) is 0 Å². The normalized spacial score (nSPS) is 11.7. The fourth-order valence-corrected chi connectivity index (χ4v) is 1.07. The number of carbonyl (C=O) groups excluding carboxylic acids is 2. The maximum Gasteiger partial charge on any atom is 0.333 e. The summed E-state index contributed by atoms with van der Waals surface area (Å²) in [6.45, 7) is 9.33. The van der Waals surface area contributed by atoms with E-state index in [2.05, 4.69) is 6.58 Å². The van der Waals surface area contributed by atoms with Gasteiger partial charge >= 0.3 is 11.9 Å². The number of rotatable bonds is 8. The second kappa shape index (κ2) is 8.79. The van der Waals surface area contributed by atoms with Crippen LogP contribution in [0.5, 0.6) is 0 Å². The molecular formula is C13H22O4. The van der Waals surface area contributed by atoms with E-state index in [1.165, 1.54) is 0 Å². The molecule has 98 valence electrons. The smallest absolute Gasteiger partial charge is 0.333 e. The molecule has 0 aromatic carbocycles. The minimum atomic E-state index is -0.420. The minimum absolute atomic E-state index is 0.239. The molecule has 0 bridgehead atoms. The van der Waals surface area contributed by atoms with E-state index in [0.29, 0.717) is 18.6 Å². The Morgan fingerprint density at radius 3 is 2.53 bits per heavy atom. The monoisotopic (exact) mass is 242 g/mol. The van der Waals surface area contributed by atoms with Crippen LogP contribution in [-0.4, -0.2) is 24.6 Å². The summed E-state index contributed by atoms with van der Waals surface area (Å²) in [6, 6.07) is 0. The molecule has 0 saturated heterocycles. The van der Waals surface area contributed by atoms with Gasteiger partial charge in [-0.1, -0.05) is 19.9 Å². The van der Waals surface area contributed by atoms with Crippen molar-refractivity contribution in [2.24, 2.45) is 0 Å². The first-order chi connectivity index (χ1) is 7.97. The fraction of sp³-hybridized carbons (Fsp3) is 0.692. The summed E-state index contributed by atoms with van der Waals surface area (Å²) in [5.74, 6) is -0.659. The third kappa shape index (κ3) is 8.48. The maximum atomic E-state index is 11.3. The lowest BCUT2D eigenvalue weighted by Gasteiger charge is -2.12. The van der Waals surface area contributed by atoms with Crippen molar-refractivity contribution >= 4 is 11.9 Å². The van der Waals surface area contributed by atoms with Gasteiger partial charge in [0.2, 0.25) is 0 Å². The Kier molecular flexibility index (Phi) is 8.11. The number of hydrogen-bond donors (Lipinski definition) is 0. The van der Waals surface area contributed by atoms with Gasteiger partial charge in [0.05, 0.1) is 12.7 Å². The quantitative estimate of drug-likeness (QED) is 0.373. The van der Waals surface area contributed by atoms with E-state index in [9.17, 15) is 9.59 Å². The van der Waals surface area contributed by atoms with E-state index in [-0.39, 0.29) is 18.5 Å². The number of hydrogen-bond acceptors (Lipinski definition) is 4. The molecule has 0 heterocycles. The van der Waals surface area contributed by atoms with Gasteiger partial charge in [-0.25, -0.2) is 4.79 Å². The highest BCUT2D eigenvalue weighted by Gasteiger charge is 2.12. The Balaban J connectivity index is 3.69. The van der Waals surface area contributed by atoms with Crippen LogP contribution < -0.4 is 0 Å². The van der Waals surface area contributed by atoms with Crippen LogP contribution in [0.2, 0.25) is 0 Å². The lowest BCUT2D eigenvalue weighted by Crippen LogP contribution is -2.17. The fourth-order valence-electron chi connectivity index (χ4n) is 1.07. The van der Waals surface area contributed by atoms with E-state index in [1.54, 1.807) is 13.8 Å². The van der Waals surface area contributed by atoms with Crippen molar-refractivity contribution in [3.63, 3.8) is 0 Å². The first-order valence-corrected chi connectivity index (χ1v) is 5.99. The van der Waals surface area contributed by atoms with Gasteiger partial charge in [-0.3, -0.25) is 4.79 Å². The van der Waals surface area contributed by atoms with Crippen molar-refractivity contribution in [1.82, 2.24) is 0 Å². The lowest BCUT2D eigenvalue weighted by atomic mass is 10.2. The van der Waals surface area contributed by atoms with E-state index < -0.39 is 5.97 Å². The Labute approximate surface area is 103 Å². The Morgan fingerprint density at radius 1 is 1.35 bits per heavy atom. The van der Waals surface area contributed by atoms with Crippen molar-refractivity contribution in [2.45, 2.75) is 52.6 Å². The number of carbonyl (C=O) groups is 2. The van der Waals surface area contributed by atoms with E-state index >= 15 is 0 Å². The highest BCUT2D eigenvalue weighted by atomic mass is 16.5. The predicted molar refractivity (Wildman–Crippen MR) is 65.5 cm³/mol. The van der Waals surface area contributed by atoms with Crippen LogP contribution in [-0.2, 0) is 19.1 Å². The van der Waals surface area contributed by atoms with Crippen LogP contribution in [0.25, 0.3) is 0 Å². The molecule has 1 unspecified atom stereocenters. The summed E-state index contributed by atoms with van der Waals surface area (Å²) >= 11 is 0. The Bertz CT molecular complexity index is 271. The first kappa shape index (κ1) is 15.7. The molecule has 0 amide bonds. The third-order valence-electron chi connectivity index (χ3n) is 2.17. The van der Waals surface area contributed by atoms with Crippen LogP contribution in [0.3, 0.4) is 0 Å². The Morgan fingerprint density at radius 2 is 2.00 bits per heavy atom. The predicted octanol–water partition coefficient (Wildman–Crippen LogP) is 2.62. The van der Waals surface area contributed by atoms with Crippen LogP contribution >= 0.6 is 0 Å². The standard InChI is InChI=1S/C13H22O4/c1-5-6-9-16-12(14)8-7-11(4)17-13(15)10(2)3/h11H,2,5-9H2,1,3-4H3. The van der Waals surface area contributed by atoms with Gasteiger partial charge in [-0.05, 0) is 26.7 Å². The molecule has 0 aromatic rings. The van der Waals surface area contributed by atoms with Crippen molar-refractivity contribution in [1.29, 1.82) is 0 Å². The zero-order valence-corrected chi connectivity index (χ0v) is 11.0. The van der Waals surface area contributed by atoms with Crippen molar-refractivity contribution in [2.75, 3.05) is 6.61 Å². The highest BCUT2D eigenvalue weighted by molar-refractivity contribution is 5.87. The van der Waals surface area contributed by atoms with Crippen LogP contribution in [0, 0.1) is 0 Å². The zero-order chi connectivity index (χ0) is 13.3. The van der Waals surface area contributed by atoms with Gasteiger partial charge in [-0.2, -0.15) is 0 Å². The van der Waals surface area contributed by atoms with Crippen LogP contribution in [0.15, 0.2) is 12.2 Å². The molecule has 0 N–H and O–H groups in total.